The van der Waals surface area contributed by atoms with Gasteiger partial charge in [0.05, 0.1) is 0 Å². The lowest BCUT2D eigenvalue weighted by molar-refractivity contribution is 0.369. The van der Waals surface area contributed by atoms with Crippen LogP contribution in [0.5, 0.6) is 11.5 Å². The molecule has 2 unspecified atom stereocenters. The molecule has 0 spiro atoms. The second kappa shape index (κ2) is 12.1. The molecule has 0 saturated carbocycles. The Kier molecular flexibility index (Phi) is 8.77. The van der Waals surface area contributed by atoms with Crippen molar-refractivity contribution < 1.29 is 15.3 Å². The van der Waals surface area contributed by atoms with E-state index >= 15 is 0 Å². The van der Waals surface area contributed by atoms with Gasteiger partial charge in [0.1, 0.15) is 17.3 Å². The number of phenols is 2. The lowest BCUT2D eigenvalue weighted by Gasteiger charge is -2.40. The predicted octanol–water partition coefficient (Wildman–Crippen LogP) is 9.15. The van der Waals surface area contributed by atoms with Gasteiger partial charge in [-0.3, -0.25) is 0 Å². The van der Waals surface area contributed by atoms with Crippen molar-refractivity contribution in [2.75, 3.05) is 0 Å². The minimum atomic E-state index is -0.439. The van der Waals surface area contributed by atoms with Gasteiger partial charge in [0.2, 0.25) is 0 Å². The lowest BCUT2D eigenvalue weighted by Crippen LogP contribution is -2.34. The highest BCUT2D eigenvalue weighted by Crippen LogP contribution is 2.46. The number of rotatable bonds is 11. The van der Waals surface area contributed by atoms with E-state index in [9.17, 15) is 15.3 Å². The van der Waals surface area contributed by atoms with E-state index in [0.717, 1.165) is 33.4 Å². The summed E-state index contributed by atoms with van der Waals surface area (Å²) in [6.07, 6.45) is 11.9. The van der Waals surface area contributed by atoms with Crippen LogP contribution in [0.25, 0.3) is 0 Å². The molecule has 0 heterocycles. The van der Waals surface area contributed by atoms with Gasteiger partial charge in [0, 0.05) is 10.8 Å². The molecule has 0 saturated heterocycles. The minimum absolute atomic E-state index is 0.0758. The van der Waals surface area contributed by atoms with Gasteiger partial charge in [0.25, 0.3) is 0 Å². The average molecular weight is 547 g/mol. The normalized spacial score (nSPS) is 16.7. The standard InChI is InChI=1S/C38H42O3/c1-7-10-26-23-31(17-20-34(26)39)37(4,5)29-13-15-30(16-14-29)38(6,32-18-21-35(40)27(24-32)11-8-2)33-19-22-36(41)28(25-33)12-9-3/h7-9,13-24,33,39-41H,1-3,10-12,25H2,4-6H3. The van der Waals surface area contributed by atoms with Crippen molar-refractivity contribution >= 4 is 0 Å². The molecule has 41 heavy (non-hydrogen) atoms. The average Bonchev–Trinajstić information content (AvgIpc) is 2.96. The topological polar surface area (TPSA) is 60.7 Å². The molecule has 3 aromatic carbocycles. The second-order valence-electron chi connectivity index (χ2n) is 11.7. The number of allylic oxidation sites excluding steroid dienone is 6. The van der Waals surface area contributed by atoms with Crippen molar-refractivity contribution in [2.45, 2.75) is 57.3 Å². The zero-order valence-electron chi connectivity index (χ0n) is 24.5. The third kappa shape index (κ3) is 5.81. The number of aliphatic hydroxyl groups excluding tert-OH is 1. The highest BCUT2D eigenvalue weighted by Gasteiger charge is 2.39. The quantitative estimate of drug-likeness (QED) is 0.210. The van der Waals surface area contributed by atoms with E-state index in [1.54, 1.807) is 24.3 Å². The van der Waals surface area contributed by atoms with Gasteiger partial charge in [0.15, 0.2) is 0 Å². The van der Waals surface area contributed by atoms with Crippen LogP contribution < -0.4 is 0 Å². The van der Waals surface area contributed by atoms with Gasteiger partial charge in [-0.25, -0.2) is 0 Å². The summed E-state index contributed by atoms with van der Waals surface area (Å²) in [6, 6.07) is 20.5. The summed E-state index contributed by atoms with van der Waals surface area (Å²) in [7, 11) is 0. The Morgan fingerprint density at radius 3 is 1.73 bits per heavy atom. The zero-order valence-corrected chi connectivity index (χ0v) is 24.5. The Bertz CT molecular complexity index is 1500. The zero-order chi connectivity index (χ0) is 29.8. The molecule has 0 radical (unpaired) electrons. The Morgan fingerprint density at radius 1 is 0.683 bits per heavy atom. The monoisotopic (exact) mass is 546 g/mol. The van der Waals surface area contributed by atoms with E-state index in [1.807, 2.05) is 24.3 Å². The van der Waals surface area contributed by atoms with Crippen molar-refractivity contribution in [1.29, 1.82) is 0 Å². The van der Waals surface area contributed by atoms with Crippen LogP contribution >= 0.6 is 0 Å². The molecule has 212 valence electrons. The summed E-state index contributed by atoms with van der Waals surface area (Å²) in [5.41, 5.74) is 6.50. The van der Waals surface area contributed by atoms with Gasteiger partial charge >= 0.3 is 0 Å². The summed E-state index contributed by atoms with van der Waals surface area (Å²) in [4.78, 5) is 0. The van der Waals surface area contributed by atoms with Gasteiger partial charge in [-0.2, -0.15) is 0 Å². The third-order valence-corrected chi connectivity index (χ3v) is 8.86. The maximum Gasteiger partial charge on any atom is 0.119 e. The molecule has 1 aliphatic carbocycles. The van der Waals surface area contributed by atoms with Gasteiger partial charge in [-0.05, 0) is 88.8 Å². The van der Waals surface area contributed by atoms with Crippen LogP contribution in [-0.4, -0.2) is 15.3 Å². The molecule has 0 aliphatic heterocycles. The number of hydrogen-bond donors (Lipinski definition) is 3. The molecular formula is C38H42O3. The Labute approximate surface area is 245 Å². The molecule has 0 fully saturated rings. The molecular weight excluding hydrogens is 504 g/mol. The van der Waals surface area contributed by atoms with E-state index < -0.39 is 5.41 Å². The lowest BCUT2D eigenvalue weighted by atomic mass is 9.63. The summed E-state index contributed by atoms with van der Waals surface area (Å²) in [5, 5.41) is 31.4. The van der Waals surface area contributed by atoms with Crippen molar-refractivity contribution in [1.82, 2.24) is 0 Å². The second-order valence-corrected chi connectivity index (χ2v) is 11.7. The molecule has 1 aliphatic rings. The Balaban J connectivity index is 1.80. The van der Waals surface area contributed by atoms with Gasteiger partial charge in [-0.15, -0.1) is 19.7 Å². The van der Waals surface area contributed by atoms with Gasteiger partial charge < -0.3 is 15.3 Å². The number of hydrogen-bond acceptors (Lipinski definition) is 3. The van der Waals surface area contributed by atoms with Crippen molar-refractivity contribution in [3.05, 3.63) is 155 Å². The van der Waals surface area contributed by atoms with Crippen LogP contribution in [-0.2, 0) is 23.7 Å². The summed E-state index contributed by atoms with van der Waals surface area (Å²) in [5.74, 6) is 0.953. The molecule has 2 atom stereocenters. The van der Waals surface area contributed by atoms with Crippen LogP contribution in [0.1, 0.15) is 67.0 Å². The maximum atomic E-state index is 10.6. The van der Waals surface area contributed by atoms with Crippen LogP contribution in [0.2, 0.25) is 0 Å². The van der Waals surface area contributed by atoms with Crippen LogP contribution in [0, 0.1) is 5.92 Å². The highest BCUT2D eigenvalue weighted by atomic mass is 16.3. The van der Waals surface area contributed by atoms with Crippen LogP contribution in [0.15, 0.2) is 122 Å². The van der Waals surface area contributed by atoms with E-state index in [4.69, 9.17) is 0 Å². The maximum absolute atomic E-state index is 10.6. The molecule has 4 rings (SSSR count). The molecule has 0 aromatic heterocycles. The molecule has 3 heteroatoms. The van der Waals surface area contributed by atoms with E-state index in [-0.39, 0.29) is 22.8 Å². The van der Waals surface area contributed by atoms with E-state index in [0.29, 0.717) is 31.4 Å². The fourth-order valence-electron chi connectivity index (χ4n) is 6.04. The van der Waals surface area contributed by atoms with Crippen molar-refractivity contribution in [2.24, 2.45) is 5.92 Å². The largest absolute Gasteiger partial charge is 0.508 e. The van der Waals surface area contributed by atoms with Crippen LogP contribution in [0.3, 0.4) is 0 Å². The Morgan fingerprint density at radius 2 is 1.17 bits per heavy atom. The number of phenolic OH excluding ortho intramolecular Hbond substituents is 2. The molecule has 0 bridgehead atoms. The molecule has 3 nitrogen and oxygen atoms in total. The van der Waals surface area contributed by atoms with E-state index in [1.165, 1.54) is 5.56 Å². The fraction of sp³-hybridized carbons (Fsp3) is 0.263. The molecule has 3 aromatic rings. The number of aromatic hydroxyl groups is 2. The predicted molar refractivity (Wildman–Crippen MR) is 171 cm³/mol. The summed E-state index contributed by atoms with van der Waals surface area (Å²) in [6.45, 7) is 18.2. The summed E-state index contributed by atoms with van der Waals surface area (Å²) >= 11 is 0. The first kappa shape index (κ1) is 29.7. The molecule has 3 N–H and O–H groups in total. The first-order chi connectivity index (χ1) is 19.6. The van der Waals surface area contributed by atoms with Gasteiger partial charge in [-0.1, -0.05) is 93.6 Å². The third-order valence-electron chi connectivity index (χ3n) is 8.86. The Hall–Kier alpha value is -4.24. The smallest absolute Gasteiger partial charge is 0.119 e. The van der Waals surface area contributed by atoms with E-state index in [2.05, 4.69) is 83.0 Å². The number of benzene rings is 3. The minimum Gasteiger partial charge on any atom is -0.508 e. The first-order valence-corrected chi connectivity index (χ1v) is 14.2. The first-order valence-electron chi connectivity index (χ1n) is 14.2. The van der Waals surface area contributed by atoms with Crippen molar-refractivity contribution in [3.63, 3.8) is 0 Å². The molecule has 0 amide bonds. The highest BCUT2D eigenvalue weighted by molar-refractivity contribution is 5.50. The SMILES string of the molecule is C=CCC1=C(O)C=CC(C(C)(c2ccc(C(C)(C)c3ccc(O)c(CC=C)c3)cc2)c2ccc(O)c(CC=C)c2)C1. The number of aliphatic hydroxyl groups is 1. The van der Waals surface area contributed by atoms with Crippen LogP contribution in [0.4, 0.5) is 0 Å². The van der Waals surface area contributed by atoms with Crippen molar-refractivity contribution in [3.8, 4) is 11.5 Å². The summed E-state index contributed by atoms with van der Waals surface area (Å²) < 4.78 is 0. The fourth-order valence-corrected chi connectivity index (χ4v) is 6.04.